The minimum absolute atomic E-state index is 0.233. The molecule has 0 spiro atoms. The van der Waals surface area contributed by atoms with Gasteiger partial charge in [0.1, 0.15) is 5.78 Å². The van der Waals surface area contributed by atoms with Crippen LogP contribution in [0.1, 0.15) is 26.7 Å². The van der Waals surface area contributed by atoms with E-state index < -0.39 is 0 Å². The highest BCUT2D eigenvalue weighted by molar-refractivity contribution is 5.80. The summed E-state index contributed by atoms with van der Waals surface area (Å²) in [6.07, 6.45) is 1.25. The first kappa shape index (κ1) is 8.68. The van der Waals surface area contributed by atoms with Crippen molar-refractivity contribution in [2.75, 3.05) is 7.11 Å². The highest BCUT2D eigenvalue weighted by Gasteiger charge is 2.29. The largest absolute Gasteiger partial charge is 0.302 e. The van der Waals surface area contributed by atoms with Crippen LogP contribution >= 0.6 is 0 Å². The summed E-state index contributed by atoms with van der Waals surface area (Å²) in [7, 11) is 1.66. The van der Waals surface area contributed by atoms with E-state index in [0.717, 1.165) is 0 Å². The van der Waals surface area contributed by atoms with Crippen molar-refractivity contribution in [1.82, 2.24) is 5.06 Å². The van der Waals surface area contributed by atoms with E-state index in [2.05, 4.69) is 0 Å². The fourth-order valence-corrected chi connectivity index (χ4v) is 1.72. The molecule has 0 bridgehead atoms. The Balaban J connectivity index is 2.58. The molecular formula is C8H15NO2. The van der Waals surface area contributed by atoms with Crippen molar-refractivity contribution in [3.05, 3.63) is 0 Å². The number of hydroxylamine groups is 2. The highest BCUT2D eigenvalue weighted by Crippen LogP contribution is 2.19. The van der Waals surface area contributed by atoms with Crippen LogP contribution in [0.25, 0.3) is 0 Å². The first-order valence-electron chi connectivity index (χ1n) is 3.99. The molecule has 11 heavy (non-hydrogen) atoms. The first-order chi connectivity index (χ1) is 5.15. The monoisotopic (exact) mass is 157 g/mol. The maximum atomic E-state index is 11.1. The molecule has 0 amide bonds. The summed E-state index contributed by atoms with van der Waals surface area (Å²) in [5, 5.41) is 1.89. The Bertz CT molecular complexity index is 144. The summed E-state index contributed by atoms with van der Waals surface area (Å²) >= 11 is 0. The van der Waals surface area contributed by atoms with E-state index in [4.69, 9.17) is 4.84 Å². The zero-order valence-corrected chi connectivity index (χ0v) is 7.33. The lowest BCUT2D eigenvalue weighted by Crippen LogP contribution is -2.45. The third-order valence-electron chi connectivity index (χ3n) is 2.13. The minimum Gasteiger partial charge on any atom is -0.302 e. The van der Waals surface area contributed by atoms with E-state index in [9.17, 15) is 4.79 Å². The van der Waals surface area contributed by atoms with Crippen LogP contribution in [0.3, 0.4) is 0 Å². The zero-order valence-electron chi connectivity index (χ0n) is 7.33. The number of rotatable bonds is 1. The molecule has 2 unspecified atom stereocenters. The van der Waals surface area contributed by atoms with Crippen molar-refractivity contribution in [2.45, 2.75) is 38.8 Å². The maximum Gasteiger partial charge on any atom is 0.136 e. The second kappa shape index (κ2) is 3.32. The van der Waals surface area contributed by atoms with Crippen LogP contribution in [0, 0.1) is 0 Å². The Hall–Kier alpha value is -0.410. The van der Waals surface area contributed by atoms with Gasteiger partial charge in [-0.1, -0.05) is 0 Å². The normalized spacial score (nSPS) is 34.3. The lowest BCUT2D eigenvalue weighted by Gasteiger charge is -2.35. The molecule has 0 radical (unpaired) electrons. The van der Waals surface area contributed by atoms with Gasteiger partial charge >= 0.3 is 0 Å². The molecule has 3 nitrogen and oxygen atoms in total. The van der Waals surface area contributed by atoms with Gasteiger partial charge in [-0.2, -0.15) is 5.06 Å². The molecule has 0 aromatic carbocycles. The fraction of sp³-hybridized carbons (Fsp3) is 0.875. The minimum atomic E-state index is 0.233. The van der Waals surface area contributed by atoms with Gasteiger partial charge in [0.05, 0.1) is 7.11 Å². The topological polar surface area (TPSA) is 29.5 Å². The van der Waals surface area contributed by atoms with Crippen LogP contribution in [-0.2, 0) is 9.63 Å². The predicted octanol–water partition coefficient (Wildman–Crippen LogP) is 0.990. The third-order valence-corrected chi connectivity index (χ3v) is 2.13. The van der Waals surface area contributed by atoms with Gasteiger partial charge in [0.2, 0.25) is 0 Å². The van der Waals surface area contributed by atoms with E-state index in [-0.39, 0.29) is 12.1 Å². The van der Waals surface area contributed by atoms with Crippen LogP contribution in [0.4, 0.5) is 0 Å². The predicted molar refractivity (Wildman–Crippen MR) is 42.0 cm³/mol. The van der Waals surface area contributed by atoms with Crippen molar-refractivity contribution in [2.24, 2.45) is 0 Å². The summed E-state index contributed by atoms with van der Waals surface area (Å²) in [6.45, 7) is 4.02. The van der Waals surface area contributed by atoms with Gasteiger partial charge in [0, 0.05) is 24.9 Å². The molecule has 2 atom stereocenters. The van der Waals surface area contributed by atoms with Gasteiger partial charge in [0.15, 0.2) is 0 Å². The molecule has 0 N–H and O–H groups in total. The summed E-state index contributed by atoms with van der Waals surface area (Å²) in [6, 6.07) is 0.465. The molecule has 0 aliphatic carbocycles. The number of carbonyl (C=O) groups excluding carboxylic acids is 1. The van der Waals surface area contributed by atoms with Gasteiger partial charge < -0.3 is 4.84 Å². The van der Waals surface area contributed by atoms with Crippen LogP contribution in [-0.4, -0.2) is 30.0 Å². The Morgan fingerprint density at radius 3 is 2.18 bits per heavy atom. The molecule has 1 fully saturated rings. The number of piperidine rings is 1. The molecule has 1 aliphatic rings. The average Bonchev–Trinajstić information content (AvgIpc) is 1.85. The molecule has 3 heteroatoms. The van der Waals surface area contributed by atoms with Crippen molar-refractivity contribution < 1.29 is 9.63 Å². The number of hydrogen-bond acceptors (Lipinski definition) is 3. The molecule has 64 valence electrons. The summed E-state index contributed by atoms with van der Waals surface area (Å²) in [4.78, 5) is 16.2. The van der Waals surface area contributed by atoms with Gasteiger partial charge in [-0.05, 0) is 13.8 Å². The highest BCUT2D eigenvalue weighted by atomic mass is 16.7. The van der Waals surface area contributed by atoms with E-state index in [1.165, 1.54) is 0 Å². The second-order valence-corrected chi connectivity index (χ2v) is 3.19. The molecule has 0 saturated carbocycles. The van der Waals surface area contributed by atoms with E-state index in [1.54, 1.807) is 7.11 Å². The number of hydrogen-bond donors (Lipinski definition) is 0. The summed E-state index contributed by atoms with van der Waals surface area (Å²) in [5.74, 6) is 0.346. The summed E-state index contributed by atoms with van der Waals surface area (Å²) in [5.41, 5.74) is 0. The lowest BCUT2D eigenvalue weighted by molar-refractivity contribution is -0.197. The van der Waals surface area contributed by atoms with Gasteiger partial charge in [-0.25, -0.2) is 0 Å². The lowest BCUT2D eigenvalue weighted by atomic mass is 9.99. The fourth-order valence-electron chi connectivity index (χ4n) is 1.72. The number of nitrogens with zero attached hydrogens (tertiary/aromatic N) is 1. The van der Waals surface area contributed by atoms with E-state index >= 15 is 0 Å². The third kappa shape index (κ3) is 1.79. The Kier molecular flexibility index (Phi) is 2.62. The maximum absolute atomic E-state index is 11.1. The second-order valence-electron chi connectivity index (χ2n) is 3.19. The Morgan fingerprint density at radius 1 is 1.36 bits per heavy atom. The Labute approximate surface area is 67.3 Å². The molecular weight excluding hydrogens is 142 g/mol. The average molecular weight is 157 g/mol. The number of carbonyl (C=O) groups is 1. The van der Waals surface area contributed by atoms with Crippen molar-refractivity contribution >= 4 is 5.78 Å². The Morgan fingerprint density at radius 2 is 1.82 bits per heavy atom. The van der Waals surface area contributed by atoms with E-state index in [0.29, 0.717) is 18.6 Å². The first-order valence-corrected chi connectivity index (χ1v) is 3.99. The summed E-state index contributed by atoms with van der Waals surface area (Å²) < 4.78 is 0. The van der Waals surface area contributed by atoms with Crippen molar-refractivity contribution in [1.29, 1.82) is 0 Å². The van der Waals surface area contributed by atoms with Gasteiger partial charge in [-0.15, -0.1) is 0 Å². The molecule has 0 aromatic rings. The van der Waals surface area contributed by atoms with Crippen LogP contribution < -0.4 is 0 Å². The van der Waals surface area contributed by atoms with Gasteiger partial charge in [-0.3, -0.25) is 4.79 Å². The van der Waals surface area contributed by atoms with Crippen molar-refractivity contribution in [3.63, 3.8) is 0 Å². The molecule has 1 aliphatic heterocycles. The molecule has 1 saturated heterocycles. The number of Topliss-reactive ketones (excluding diaryl/α,β-unsaturated/α-hetero) is 1. The molecule has 0 aromatic heterocycles. The number of ketones is 1. The zero-order chi connectivity index (χ0) is 8.43. The van der Waals surface area contributed by atoms with Crippen LogP contribution in [0.2, 0.25) is 0 Å². The van der Waals surface area contributed by atoms with Crippen molar-refractivity contribution in [3.8, 4) is 0 Å². The smallest absolute Gasteiger partial charge is 0.136 e. The van der Waals surface area contributed by atoms with E-state index in [1.807, 2.05) is 18.9 Å². The SMILES string of the molecule is CON1C(C)CC(=O)CC1C. The van der Waals surface area contributed by atoms with Crippen LogP contribution in [0.15, 0.2) is 0 Å². The molecule has 1 heterocycles. The van der Waals surface area contributed by atoms with Crippen LogP contribution in [0.5, 0.6) is 0 Å². The quantitative estimate of drug-likeness (QED) is 0.568. The standard InChI is InChI=1S/C8H15NO2/c1-6-4-8(10)5-7(2)9(6)11-3/h6-7H,4-5H2,1-3H3. The molecule has 1 rings (SSSR count). The van der Waals surface area contributed by atoms with Gasteiger partial charge in [0.25, 0.3) is 0 Å².